The van der Waals surface area contributed by atoms with Gasteiger partial charge in [-0.25, -0.2) is 0 Å². The molecular weight excluding hydrogens is 236 g/mol. The molecule has 0 saturated heterocycles. The predicted octanol–water partition coefficient (Wildman–Crippen LogP) is -1.35. The maximum Gasteiger partial charge on any atom is 0.306 e. The second-order valence-corrected chi connectivity index (χ2v) is 5.34. The van der Waals surface area contributed by atoms with Crippen LogP contribution in [0, 0.1) is 0 Å². The number of hydrogen-bond donors (Lipinski definition) is 1. The molecular formula is C8H18N2O5S. The van der Waals surface area contributed by atoms with Gasteiger partial charge in [-0.05, 0) is 0 Å². The van der Waals surface area contributed by atoms with Crippen molar-refractivity contribution in [2.75, 3.05) is 40.9 Å². The molecule has 16 heavy (non-hydrogen) atoms. The highest BCUT2D eigenvalue weighted by molar-refractivity contribution is 7.86. The minimum absolute atomic E-state index is 0.000799. The molecule has 0 rings (SSSR count). The number of likely N-dealkylation sites (N-methyl/N-ethyl adjacent to an activating group) is 1. The summed E-state index contributed by atoms with van der Waals surface area (Å²) in [6.45, 7) is -0.184. The van der Waals surface area contributed by atoms with E-state index in [0.717, 1.165) is 8.61 Å². The van der Waals surface area contributed by atoms with E-state index >= 15 is 0 Å². The van der Waals surface area contributed by atoms with Gasteiger partial charge in [0.15, 0.2) is 0 Å². The van der Waals surface area contributed by atoms with Gasteiger partial charge in [-0.3, -0.25) is 4.79 Å². The van der Waals surface area contributed by atoms with Gasteiger partial charge in [0, 0.05) is 27.2 Å². The van der Waals surface area contributed by atoms with Crippen LogP contribution in [0.15, 0.2) is 0 Å². The Bertz CT molecular complexity index is 316. The molecule has 0 aliphatic carbocycles. The first-order valence-electron chi connectivity index (χ1n) is 4.71. The first kappa shape index (κ1) is 15.3. The van der Waals surface area contributed by atoms with Crippen LogP contribution in [0.5, 0.6) is 0 Å². The molecule has 0 aliphatic heterocycles. The third kappa shape index (κ3) is 4.44. The molecule has 0 heterocycles. The number of carbonyl (C=O) groups is 1. The van der Waals surface area contributed by atoms with Gasteiger partial charge in [-0.2, -0.15) is 17.0 Å². The molecule has 0 bridgehead atoms. The fourth-order valence-corrected chi connectivity index (χ4v) is 2.07. The lowest BCUT2D eigenvalue weighted by Gasteiger charge is -2.23. The second-order valence-electron chi connectivity index (χ2n) is 3.20. The van der Waals surface area contributed by atoms with Gasteiger partial charge in [-0.1, -0.05) is 0 Å². The number of methoxy groups -OCH3 is 1. The Morgan fingerprint density at radius 2 is 1.75 bits per heavy atom. The first-order valence-corrected chi connectivity index (χ1v) is 6.11. The molecule has 1 N–H and O–H groups in total. The fraction of sp³-hybridized carbons (Fsp3) is 0.875. The van der Waals surface area contributed by atoms with Gasteiger partial charge < -0.3 is 9.84 Å². The van der Waals surface area contributed by atoms with E-state index in [9.17, 15) is 13.2 Å². The van der Waals surface area contributed by atoms with Crippen molar-refractivity contribution in [1.29, 1.82) is 0 Å². The lowest BCUT2D eigenvalue weighted by molar-refractivity contribution is -0.140. The normalized spacial score (nSPS) is 12.1. The van der Waals surface area contributed by atoms with Crippen molar-refractivity contribution in [1.82, 2.24) is 8.61 Å². The van der Waals surface area contributed by atoms with E-state index in [-0.39, 0.29) is 26.1 Å². The highest BCUT2D eigenvalue weighted by atomic mass is 32.2. The number of esters is 1. The Labute approximate surface area is 95.8 Å². The number of carbonyl (C=O) groups excluding carboxylic acids is 1. The topological polar surface area (TPSA) is 87.2 Å². The zero-order valence-electron chi connectivity index (χ0n) is 9.71. The largest absolute Gasteiger partial charge is 0.469 e. The highest BCUT2D eigenvalue weighted by Gasteiger charge is 2.23. The Kier molecular flexibility index (Phi) is 6.49. The predicted molar refractivity (Wildman–Crippen MR) is 57.9 cm³/mol. The number of hydrogen-bond acceptors (Lipinski definition) is 5. The van der Waals surface area contributed by atoms with Crippen molar-refractivity contribution in [2.45, 2.75) is 6.42 Å². The summed E-state index contributed by atoms with van der Waals surface area (Å²) in [6.07, 6.45) is -0.000799. The van der Waals surface area contributed by atoms with Crippen molar-refractivity contribution in [3.63, 3.8) is 0 Å². The van der Waals surface area contributed by atoms with Crippen molar-refractivity contribution in [3.05, 3.63) is 0 Å². The van der Waals surface area contributed by atoms with E-state index in [0.29, 0.717) is 0 Å². The molecule has 0 atom stereocenters. The molecule has 0 aromatic rings. The van der Waals surface area contributed by atoms with E-state index in [1.807, 2.05) is 0 Å². The molecule has 0 radical (unpaired) electrons. The fourth-order valence-electron chi connectivity index (χ4n) is 0.960. The van der Waals surface area contributed by atoms with Crippen LogP contribution in [0.4, 0.5) is 0 Å². The number of aliphatic hydroxyl groups excluding tert-OH is 1. The number of rotatable bonds is 7. The Morgan fingerprint density at radius 1 is 1.25 bits per heavy atom. The lowest BCUT2D eigenvalue weighted by Crippen LogP contribution is -2.41. The van der Waals surface area contributed by atoms with Gasteiger partial charge in [0.05, 0.1) is 20.1 Å². The van der Waals surface area contributed by atoms with Crippen molar-refractivity contribution in [2.24, 2.45) is 0 Å². The molecule has 0 aromatic heterocycles. The molecule has 0 aromatic carbocycles. The summed E-state index contributed by atoms with van der Waals surface area (Å²) in [4.78, 5) is 10.8. The van der Waals surface area contributed by atoms with Gasteiger partial charge in [0.25, 0.3) is 10.2 Å². The molecule has 0 amide bonds. The van der Waals surface area contributed by atoms with Crippen LogP contribution in [-0.2, 0) is 19.7 Å². The summed E-state index contributed by atoms with van der Waals surface area (Å²) in [6, 6.07) is 0. The standard InChI is InChI=1S/C8H18N2O5S/c1-9(5-4-8(12)15-3)16(13,14)10(2)6-7-11/h11H,4-7H2,1-3H3. The van der Waals surface area contributed by atoms with E-state index < -0.39 is 16.2 Å². The van der Waals surface area contributed by atoms with E-state index in [1.54, 1.807) is 0 Å². The van der Waals surface area contributed by atoms with Gasteiger partial charge >= 0.3 is 5.97 Å². The Balaban J connectivity index is 4.35. The minimum atomic E-state index is -3.61. The zero-order valence-corrected chi connectivity index (χ0v) is 10.5. The van der Waals surface area contributed by atoms with Gasteiger partial charge in [0.1, 0.15) is 0 Å². The average molecular weight is 254 g/mol. The highest BCUT2D eigenvalue weighted by Crippen LogP contribution is 2.04. The van der Waals surface area contributed by atoms with Crippen LogP contribution >= 0.6 is 0 Å². The quantitative estimate of drug-likeness (QED) is 0.568. The smallest absolute Gasteiger partial charge is 0.306 e. The minimum Gasteiger partial charge on any atom is -0.469 e. The van der Waals surface area contributed by atoms with E-state index in [1.165, 1.54) is 21.2 Å². The molecule has 7 nitrogen and oxygen atoms in total. The van der Waals surface area contributed by atoms with Crippen LogP contribution in [0.2, 0.25) is 0 Å². The van der Waals surface area contributed by atoms with Gasteiger partial charge in [0.2, 0.25) is 0 Å². The first-order chi connectivity index (χ1) is 7.36. The summed E-state index contributed by atoms with van der Waals surface area (Å²) in [5, 5.41) is 8.64. The zero-order chi connectivity index (χ0) is 12.8. The van der Waals surface area contributed by atoms with Crippen LogP contribution in [0.25, 0.3) is 0 Å². The molecule has 0 unspecified atom stereocenters. The van der Waals surface area contributed by atoms with Crippen LogP contribution < -0.4 is 0 Å². The van der Waals surface area contributed by atoms with Crippen molar-refractivity contribution >= 4 is 16.2 Å². The summed E-state index contributed by atoms with van der Waals surface area (Å²) in [5.74, 6) is -0.466. The SMILES string of the molecule is COC(=O)CCN(C)S(=O)(=O)N(C)CCO. The van der Waals surface area contributed by atoms with Gasteiger partial charge in [-0.15, -0.1) is 0 Å². The summed E-state index contributed by atoms with van der Waals surface area (Å²) < 4.78 is 29.9. The second kappa shape index (κ2) is 6.79. The third-order valence-corrected chi connectivity index (χ3v) is 4.00. The van der Waals surface area contributed by atoms with Crippen LogP contribution in [0.1, 0.15) is 6.42 Å². The number of nitrogens with zero attached hydrogens (tertiary/aromatic N) is 2. The van der Waals surface area contributed by atoms with E-state index in [2.05, 4.69) is 4.74 Å². The Morgan fingerprint density at radius 3 is 2.19 bits per heavy atom. The monoisotopic (exact) mass is 254 g/mol. The lowest BCUT2D eigenvalue weighted by atomic mass is 10.4. The molecule has 0 saturated carbocycles. The number of aliphatic hydroxyl groups is 1. The van der Waals surface area contributed by atoms with Crippen LogP contribution in [-0.4, -0.2) is 69.0 Å². The maximum atomic E-state index is 11.7. The van der Waals surface area contributed by atoms with Crippen molar-refractivity contribution in [3.8, 4) is 0 Å². The summed E-state index contributed by atoms with van der Waals surface area (Å²) >= 11 is 0. The third-order valence-electron chi connectivity index (χ3n) is 2.06. The van der Waals surface area contributed by atoms with E-state index in [4.69, 9.17) is 5.11 Å². The average Bonchev–Trinajstić information content (AvgIpc) is 2.25. The van der Waals surface area contributed by atoms with Crippen LogP contribution in [0.3, 0.4) is 0 Å². The Hall–Kier alpha value is -0.700. The molecule has 0 fully saturated rings. The molecule has 8 heteroatoms. The summed E-state index contributed by atoms with van der Waals surface area (Å²) in [5.41, 5.74) is 0. The van der Waals surface area contributed by atoms with Crippen molar-refractivity contribution < 1.29 is 23.1 Å². The molecule has 0 spiro atoms. The number of ether oxygens (including phenoxy) is 1. The maximum absolute atomic E-state index is 11.7. The molecule has 96 valence electrons. The molecule has 0 aliphatic rings. The summed E-state index contributed by atoms with van der Waals surface area (Å²) in [7, 11) is 0.367.